The first-order valence-corrected chi connectivity index (χ1v) is 8.94. The number of nitrogens with one attached hydrogen (secondary N) is 2. The van der Waals surface area contributed by atoms with E-state index in [2.05, 4.69) is 20.6 Å². The van der Waals surface area contributed by atoms with E-state index >= 15 is 0 Å². The molecule has 7 nitrogen and oxygen atoms in total. The highest BCUT2D eigenvalue weighted by atomic mass is 16.2. The molecular weight excluding hydrogens is 342 g/mol. The van der Waals surface area contributed by atoms with Crippen molar-refractivity contribution < 1.29 is 9.59 Å². The minimum atomic E-state index is -0.179. The summed E-state index contributed by atoms with van der Waals surface area (Å²) in [7, 11) is 0. The van der Waals surface area contributed by atoms with Crippen LogP contribution in [0.25, 0.3) is 5.65 Å². The third-order valence-corrected chi connectivity index (χ3v) is 4.31. The van der Waals surface area contributed by atoms with Gasteiger partial charge in [0.05, 0.1) is 5.69 Å². The number of hydrogen-bond donors (Lipinski definition) is 2. The Morgan fingerprint density at radius 1 is 1.15 bits per heavy atom. The Hall–Kier alpha value is -3.22. The van der Waals surface area contributed by atoms with Crippen LogP contribution < -0.4 is 10.6 Å². The zero-order valence-electron chi connectivity index (χ0n) is 15.5. The Morgan fingerprint density at radius 2 is 2.00 bits per heavy atom. The average Bonchev–Trinajstić information content (AvgIpc) is 3.02. The number of carbonyl (C=O) groups is 2. The third kappa shape index (κ3) is 4.49. The lowest BCUT2D eigenvalue weighted by molar-refractivity contribution is -0.121. The molecule has 0 aliphatic heterocycles. The van der Waals surface area contributed by atoms with Crippen LogP contribution in [0, 0.1) is 13.8 Å². The summed E-state index contributed by atoms with van der Waals surface area (Å²) >= 11 is 0. The number of imidazole rings is 1. The zero-order valence-corrected chi connectivity index (χ0v) is 15.5. The molecule has 3 aromatic heterocycles. The van der Waals surface area contributed by atoms with Crippen LogP contribution in [-0.4, -0.2) is 32.7 Å². The van der Waals surface area contributed by atoms with Gasteiger partial charge in [0.2, 0.25) is 5.91 Å². The van der Waals surface area contributed by atoms with Crippen molar-refractivity contribution in [2.45, 2.75) is 33.2 Å². The van der Waals surface area contributed by atoms with Crippen molar-refractivity contribution in [1.82, 2.24) is 25.0 Å². The van der Waals surface area contributed by atoms with Crippen LogP contribution in [-0.2, 0) is 11.3 Å². The Balaban J connectivity index is 1.47. The SMILES string of the molecule is Cc1nc2c(C)cccn2c1C(=O)NCCCC(=O)NCc1cccnc1. The summed E-state index contributed by atoms with van der Waals surface area (Å²) in [6.07, 6.45) is 6.18. The number of aryl methyl sites for hydroxylation is 2. The van der Waals surface area contributed by atoms with Gasteiger partial charge in [-0.15, -0.1) is 0 Å². The normalized spacial score (nSPS) is 10.7. The van der Waals surface area contributed by atoms with Gasteiger partial charge >= 0.3 is 0 Å². The van der Waals surface area contributed by atoms with Crippen molar-refractivity contribution in [3.63, 3.8) is 0 Å². The Morgan fingerprint density at radius 3 is 2.78 bits per heavy atom. The molecule has 2 N–H and O–H groups in total. The fourth-order valence-corrected chi connectivity index (χ4v) is 2.92. The molecular formula is C20H23N5O2. The number of pyridine rings is 2. The molecule has 0 unspecified atom stereocenters. The number of hydrogen-bond acceptors (Lipinski definition) is 4. The summed E-state index contributed by atoms with van der Waals surface area (Å²) in [4.78, 5) is 32.9. The summed E-state index contributed by atoms with van der Waals surface area (Å²) in [5.74, 6) is -0.226. The first kappa shape index (κ1) is 18.6. The highest BCUT2D eigenvalue weighted by Gasteiger charge is 2.16. The van der Waals surface area contributed by atoms with Crippen molar-refractivity contribution in [2.24, 2.45) is 0 Å². The smallest absolute Gasteiger partial charge is 0.270 e. The van der Waals surface area contributed by atoms with Gasteiger partial charge in [0, 0.05) is 38.1 Å². The number of carbonyl (C=O) groups excluding carboxylic acids is 2. The first-order valence-electron chi connectivity index (χ1n) is 8.94. The van der Waals surface area contributed by atoms with E-state index in [4.69, 9.17) is 0 Å². The second-order valence-electron chi connectivity index (χ2n) is 6.43. The molecule has 0 spiro atoms. The maximum atomic E-state index is 12.5. The molecule has 3 rings (SSSR count). The van der Waals surface area contributed by atoms with Gasteiger partial charge in [-0.05, 0) is 43.5 Å². The summed E-state index contributed by atoms with van der Waals surface area (Å²) < 4.78 is 1.81. The molecule has 0 aliphatic rings. The zero-order chi connectivity index (χ0) is 19.2. The lowest BCUT2D eigenvalue weighted by Crippen LogP contribution is -2.28. The average molecular weight is 365 g/mol. The maximum absolute atomic E-state index is 12.5. The van der Waals surface area contributed by atoms with Gasteiger partial charge in [0.15, 0.2) is 0 Å². The van der Waals surface area contributed by atoms with Crippen molar-refractivity contribution in [3.05, 3.63) is 65.4 Å². The van der Waals surface area contributed by atoms with E-state index in [1.54, 1.807) is 16.8 Å². The molecule has 0 fully saturated rings. The van der Waals surface area contributed by atoms with Crippen molar-refractivity contribution in [2.75, 3.05) is 6.54 Å². The molecule has 2 amide bonds. The second-order valence-corrected chi connectivity index (χ2v) is 6.43. The molecule has 0 radical (unpaired) electrons. The fraction of sp³-hybridized carbons (Fsp3) is 0.300. The molecule has 7 heteroatoms. The van der Waals surface area contributed by atoms with Crippen LogP contribution in [0.4, 0.5) is 0 Å². The number of fused-ring (bicyclic) bond motifs is 1. The number of aromatic nitrogens is 3. The molecule has 3 heterocycles. The Kier molecular flexibility index (Phi) is 5.80. The number of rotatable bonds is 7. The molecule has 0 saturated heterocycles. The van der Waals surface area contributed by atoms with Crippen molar-refractivity contribution in [3.8, 4) is 0 Å². The van der Waals surface area contributed by atoms with Crippen LogP contribution in [0.15, 0.2) is 42.9 Å². The molecule has 0 aliphatic carbocycles. The van der Waals surface area contributed by atoms with E-state index < -0.39 is 0 Å². The van der Waals surface area contributed by atoms with Crippen LogP contribution in [0.3, 0.4) is 0 Å². The molecule has 27 heavy (non-hydrogen) atoms. The van der Waals surface area contributed by atoms with Gasteiger partial charge in [-0.25, -0.2) is 4.98 Å². The minimum Gasteiger partial charge on any atom is -0.352 e. The van der Waals surface area contributed by atoms with Gasteiger partial charge in [0.25, 0.3) is 5.91 Å². The highest BCUT2D eigenvalue weighted by molar-refractivity contribution is 5.94. The minimum absolute atomic E-state index is 0.0466. The van der Waals surface area contributed by atoms with E-state index in [0.717, 1.165) is 16.8 Å². The van der Waals surface area contributed by atoms with E-state index in [0.29, 0.717) is 37.3 Å². The van der Waals surface area contributed by atoms with Crippen LogP contribution in [0.1, 0.15) is 40.2 Å². The Bertz CT molecular complexity index is 950. The van der Waals surface area contributed by atoms with Gasteiger partial charge in [-0.2, -0.15) is 0 Å². The van der Waals surface area contributed by atoms with E-state index in [1.165, 1.54) is 0 Å². The molecule has 0 atom stereocenters. The highest BCUT2D eigenvalue weighted by Crippen LogP contribution is 2.15. The quantitative estimate of drug-likeness (QED) is 0.628. The van der Waals surface area contributed by atoms with Crippen LogP contribution >= 0.6 is 0 Å². The van der Waals surface area contributed by atoms with E-state index in [1.807, 2.05) is 44.3 Å². The number of amides is 2. The summed E-state index contributed by atoms with van der Waals surface area (Å²) in [5, 5.41) is 5.73. The predicted molar refractivity (Wildman–Crippen MR) is 102 cm³/mol. The van der Waals surface area contributed by atoms with Crippen molar-refractivity contribution in [1.29, 1.82) is 0 Å². The third-order valence-electron chi connectivity index (χ3n) is 4.31. The van der Waals surface area contributed by atoms with Gasteiger partial charge in [-0.3, -0.25) is 19.0 Å². The fourth-order valence-electron chi connectivity index (χ4n) is 2.92. The van der Waals surface area contributed by atoms with Crippen LogP contribution in [0.2, 0.25) is 0 Å². The van der Waals surface area contributed by atoms with E-state index in [9.17, 15) is 9.59 Å². The topological polar surface area (TPSA) is 88.4 Å². The van der Waals surface area contributed by atoms with Crippen LogP contribution in [0.5, 0.6) is 0 Å². The summed E-state index contributed by atoms with van der Waals surface area (Å²) in [6, 6.07) is 7.61. The lowest BCUT2D eigenvalue weighted by atomic mass is 10.2. The predicted octanol–water partition coefficient (Wildman–Crippen LogP) is 2.17. The van der Waals surface area contributed by atoms with Gasteiger partial charge in [-0.1, -0.05) is 12.1 Å². The standard InChI is InChI=1S/C20H23N5O2/c1-14-6-5-11-25-18(15(2)24-19(14)25)20(27)22-10-4-8-17(26)23-13-16-7-3-9-21-12-16/h3,5-7,9,11-12H,4,8,10,13H2,1-2H3,(H,22,27)(H,23,26). The van der Waals surface area contributed by atoms with Gasteiger partial charge in [0.1, 0.15) is 11.3 Å². The number of nitrogens with zero attached hydrogens (tertiary/aromatic N) is 3. The summed E-state index contributed by atoms with van der Waals surface area (Å²) in [6.45, 7) is 4.68. The summed E-state index contributed by atoms with van der Waals surface area (Å²) in [5.41, 5.74) is 3.99. The molecule has 140 valence electrons. The first-order chi connectivity index (χ1) is 13.1. The molecule has 0 saturated carbocycles. The largest absolute Gasteiger partial charge is 0.352 e. The molecule has 0 bridgehead atoms. The van der Waals surface area contributed by atoms with Crippen molar-refractivity contribution >= 4 is 17.5 Å². The molecule has 3 aromatic rings. The molecule has 0 aromatic carbocycles. The second kappa shape index (κ2) is 8.44. The maximum Gasteiger partial charge on any atom is 0.270 e. The Labute approximate surface area is 157 Å². The monoisotopic (exact) mass is 365 g/mol. The van der Waals surface area contributed by atoms with Gasteiger partial charge < -0.3 is 10.6 Å². The lowest BCUT2D eigenvalue weighted by Gasteiger charge is -2.07. The van der Waals surface area contributed by atoms with E-state index in [-0.39, 0.29) is 11.8 Å².